The van der Waals surface area contributed by atoms with Crippen LogP contribution in [0.25, 0.3) is 0 Å². The number of aliphatic imine (C=N–C) groups is 1. The molecule has 0 aliphatic rings. The number of alkyl halides is 3. The smallest absolute Gasteiger partial charge is 0.370 e. The van der Waals surface area contributed by atoms with E-state index in [0.29, 0.717) is 0 Å². The van der Waals surface area contributed by atoms with Crippen molar-refractivity contribution >= 4 is 5.96 Å². The van der Waals surface area contributed by atoms with Crippen LogP contribution in [0.1, 0.15) is 13.3 Å². The van der Waals surface area contributed by atoms with Gasteiger partial charge in [0.05, 0.1) is 12.5 Å². The van der Waals surface area contributed by atoms with Crippen molar-refractivity contribution in [1.29, 1.82) is 0 Å². The Bertz CT molecular complexity index is 148. The Morgan fingerprint density at radius 2 is 1.91 bits per heavy atom. The molecule has 0 heterocycles. The average Bonchev–Trinajstić information content (AvgIpc) is 1.53. The lowest BCUT2D eigenvalue weighted by Gasteiger charge is -2.09. The van der Waals surface area contributed by atoms with Gasteiger partial charge in [-0.25, -0.2) is 0 Å². The van der Waals surface area contributed by atoms with Crippen LogP contribution in [0.3, 0.4) is 0 Å². The zero-order valence-corrected chi connectivity index (χ0v) is 6.02. The minimum absolute atomic E-state index is 0.318. The molecule has 66 valence electrons. The molecule has 0 spiro atoms. The Kier molecular flexibility index (Phi) is 3.16. The maximum Gasteiger partial charge on any atom is 0.391 e. The van der Waals surface area contributed by atoms with Crippen molar-refractivity contribution in [3.05, 3.63) is 0 Å². The van der Waals surface area contributed by atoms with Crippen LogP contribution in [0.4, 0.5) is 13.2 Å². The molecule has 0 aromatic rings. The summed E-state index contributed by atoms with van der Waals surface area (Å²) in [7, 11) is 0. The molecule has 6 heteroatoms. The van der Waals surface area contributed by atoms with E-state index in [-0.39, 0.29) is 5.96 Å². The van der Waals surface area contributed by atoms with Crippen molar-refractivity contribution in [1.82, 2.24) is 0 Å². The van der Waals surface area contributed by atoms with Gasteiger partial charge in [-0.3, -0.25) is 4.99 Å². The van der Waals surface area contributed by atoms with Gasteiger partial charge in [0.15, 0.2) is 5.96 Å². The maximum absolute atomic E-state index is 11.6. The van der Waals surface area contributed by atoms with Crippen molar-refractivity contribution in [3.8, 4) is 0 Å². The van der Waals surface area contributed by atoms with E-state index in [2.05, 4.69) is 4.99 Å². The Morgan fingerprint density at radius 3 is 2.18 bits per heavy atom. The molecule has 3 nitrogen and oxygen atoms in total. The first-order valence-corrected chi connectivity index (χ1v) is 2.97. The lowest BCUT2D eigenvalue weighted by Crippen LogP contribution is -2.26. The number of hydrogen-bond acceptors (Lipinski definition) is 1. The summed E-state index contributed by atoms with van der Waals surface area (Å²) < 4.78 is 34.8. The highest BCUT2D eigenvalue weighted by molar-refractivity contribution is 5.75. The van der Waals surface area contributed by atoms with Gasteiger partial charge in [0.1, 0.15) is 0 Å². The van der Waals surface area contributed by atoms with Gasteiger partial charge >= 0.3 is 6.18 Å². The molecule has 1 atom stereocenters. The van der Waals surface area contributed by atoms with Gasteiger partial charge < -0.3 is 11.5 Å². The normalized spacial score (nSPS) is 14.2. The molecule has 0 aromatic carbocycles. The Balaban J connectivity index is 3.89. The zero-order chi connectivity index (χ0) is 9.07. The first-order chi connectivity index (χ1) is 4.81. The first kappa shape index (κ1) is 10.1. The van der Waals surface area contributed by atoms with Gasteiger partial charge in [-0.1, -0.05) is 0 Å². The third-order valence-corrected chi connectivity index (χ3v) is 0.896. The van der Waals surface area contributed by atoms with Crippen molar-refractivity contribution < 1.29 is 13.2 Å². The molecule has 0 fully saturated rings. The highest BCUT2D eigenvalue weighted by Crippen LogP contribution is 2.22. The zero-order valence-electron chi connectivity index (χ0n) is 6.02. The summed E-state index contributed by atoms with van der Waals surface area (Å²) in [6, 6.07) is -0.903. The summed E-state index contributed by atoms with van der Waals surface area (Å²) in [5, 5.41) is 0. The molecule has 4 N–H and O–H groups in total. The highest BCUT2D eigenvalue weighted by Gasteiger charge is 2.29. The number of guanidine groups is 1. The lowest BCUT2D eigenvalue weighted by atomic mass is 10.2. The molecule has 11 heavy (non-hydrogen) atoms. The molecular formula is C5H10F3N3. The van der Waals surface area contributed by atoms with E-state index in [1.807, 2.05) is 0 Å². The fourth-order valence-corrected chi connectivity index (χ4v) is 0.635. The van der Waals surface area contributed by atoms with E-state index in [9.17, 15) is 13.2 Å². The molecule has 0 rings (SSSR count). The van der Waals surface area contributed by atoms with Gasteiger partial charge in [0.25, 0.3) is 0 Å². The molecular weight excluding hydrogens is 159 g/mol. The number of nitrogens with zero attached hydrogens (tertiary/aromatic N) is 1. The topological polar surface area (TPSA) is 64.4 Å². The van der Waals surface area contributed by atoms with Crippen LogP contribution in [-0.4, -0.2) is 18.2 Å². The summed E-state index contributed by atoms with van der Waals surface area (Å²) in [5.41, 5.74) is 9.75. The number of halogens is 3. The van der Waals surface area contributed by atoms with Crippen LogP contribution in [0.2, 0.25) is 0 Å². The van der Waals surface area contributed by atoms with Crippen LogP contribution in [0, 0.1) is 0 Å². The third kappa shape index (κ3) is 6.95. The van der Waals surface area contributed by atoms with E-state index in [1.54, 1.807) is 0 Å². The maximum atomic E-state index is 11.6. The van der Waals surface area contributed by atoms with E-state index < -0.39 is 18.6 Å². The predicted octanol–water partition coefficient (Wildman–Crippen LogP) is 0.601. The van der Waals surface area contributed by atoms with Gasteiger partial charge in [-0.2, -0.15) is 13.2 Å². The second-order valence-corrected chi connectivity index (χ2v) is 2.22. The highest BCUT2D eigenvalue weighted by atomic mass is 19.4. The molecule has 0 saturated carbocycles. The minimum atomic E-state index is -4.21. The fraction of sp³-hybridized carbons (Fsp3) is 0.800. The standard InChI is InChI=1S/C5H10F3N3/c1-3(11-4(9)10)2-5(6,7)8/h3H,2H2,1H3,(H4,9,10,11). The third-order valence-electron chi connectivity index (χ3n) is 0.896. The minimum Gasteiger partial charge on any atom is -0.370 e. The van der Waals surface area contributed by atoms with Crippen molar-refractivity contribution in [3.63, 3.8) is 0 Å². The van der Waals surface area contributed by atoms with Crippen LogP contribution >= 0.6 is 0 Å². The molecule has 0 aromatic heterocycles. The van der Waals surface area contributed by atoms with E-state index in [4.69, 9.17) is 11.5 Å². The van der Waals surface area contributed by atoms with Crippen molar-refractivity contribution in [2.45, 2.75) is 25.6 Å². The van der Waals surface area contributed by atoms with Crippen LogP contribution in [0.15, 0.2) is 4.99 Å². The van der Waals surface area contributed by atoms with Crippen LogP contribution in [-0.2, 0) is 0 Å². The second kappa shape index (κ2) is 3.45. The van der Waals surface area contributed by atoms with Gasteiger partial charge in [-0.15, -0.1) is 0 Å². The number of hydrogen-bond donors (Lipinski definition) is 2. The van der Waals surface area contributed by atoms with Crippen molar-refractivity contribution in [2.24, 2.45) is 16.5 Å². The molecule has 0 aliphatic carbocycles. The van der Waals surface area contributed by atoms with Crippen LogP contribution in [0.5, 0.6) is 0 Å². The summed E-state index contributed by atoms with van der Waals surface area (Å²) in [6.07, 6.45) is -5.21. The number of nitrogens with two attached hydrogens (primary N) is 2. The Morgan fingerprint density at radius 1 is 1.45 bits per heavy atom. The molecule has 1 unspecified atom stereocenters. The van der Waals surface area contributed by atoms with Gasteiger partial charge in [0.2, 0.25) is 0 Å². The summed E-state index contributed by atoms with van der Waals surface area (Å²) >= 11 is 0. The Hall–Kier alpha value is -0.940. The number of rotatable bonds is 2. The first-order valence-electron chi connectivity index (χ1n) is 2.97. The summed E-state index contributed by atoms with van der Waals surface area (Å²) in [6.45, 7) is 1.30. The predicted molar refractivity (Wildman–Crippen MR) is 35.9 cm³/mol. The van der Waals surface area contributed by atoms with Crippen molar-refractivity contribution in [2.75, 3.05) is 0 Å². The molecule has 0 saturated heterocycles. The van der Waals surface area contributed by atoms with Crippen LogP contribution < -0.4 is 11.5 Å². The fourth-order valence-electron chi connectivity index (χ4n) is 0.635. The van der Waals surface area contributed by atoms with E-state index in [1.165, 1.54) is 6.92 Å². The second-order valence-electron chi connectivity index (χ2n) is 2.22. The lowest BCUT2D eigenvalue weighted by molar-refractivity contribution is -0.137. The molecule has 0 amide bonds. The molecule has 0 bridgehead atoms. The SMILES string of the molecule is CC(CC(F)(F)F)N=C(N)N. The molecule has 0 radical (unpaired) electrons. The van der Waals surface area contributed by atoms with E-state index in [0.717, 1.165) is 0 Å². The monoisotopic (exact) mass is 169 g/mol. The van der Waals surface area contributed by atoms with Gasteiger partial charge in [0, 0.05) is 0 Å². The molecule has 0 aliphatic heterocycles. The van der Waals surface area contributed by atoms with Gasteiger partial charge in [-0.05, 0) is 6.92 Å². The van der Waals surface area contributed by atoms with E-state index >= 15 is 0 Å². The largest absolute Gasteiger partial charge is 0.391 e. The quantitative estimate of drug-likeness (QED) is 0.469. The summed E-state index contributed by atoms with van der Waals surface area (Å²) in [4.78, 5) is 3.31. The summed E-state index contributed by atoms with van der Waals surface area (Å²) in [5.74, 6) is -0.318. The Labute approximate surface area is 62.3 Å². The average molecular weight is 169 g/mol.